The quantitative estimate of drug-likeness (QED) is 0.657. The molecule has 4 nitrogen and oxygen atoms in total. The minimum atomic E-state index is -4.48. The monoisotopic (exact) mass is 403 g/mol. The molecule has 8 heteroatoms. The Morgan fingerprint density at radius 2 is 1.79 bits per heavy atom. The number of halogens is 3. The average Bonchev–Trinajstić information content (AvgIpc) is 2.88. The number of alkyl halides is 3. The molecule has 0 fully saturated rings. The molecular formula is C20H16F3N3OS. The third-order valence-electron chi connectivity index (χ3n) is 4.56. The van der Waals surface area contributed by atoms with Crippen LogP contribution >= 0.6 is 11.8 Å². The van der Waals surface area contributed by atoms with Crippen LogP contribution in [0.25, 0.3) is 5.69 Å². The topological polar surface area (TPSA) is 46.9 Å². The van der Waals surface area contributed by atoms with Crippen molar-refractivity contribution in [2.45, 2.75) is 18.3 Å². The van der Waals surface area contributed by atoms with Crippen LogP contribution in [0.3, 0.4) is 0 Å². The van der Waals surface area contributed by atoms with Gasteiger partial charge in [0.2, 0.25) is 5.91 Å². The second-order valence-electron chi connectivity index (χ2n) is 6.42. The number of carbonyl (C=O) groups is 1. The Kier molecular flexibility index (Phi) is 4.66. The Morgan fingerprint density at radius 3 is 2.50 bits per heavy atom. The summed E-state index contributed by atoms with van der Waals surface area (Å²) < 4.78 is 42.4. The Labute approximate surface area is 163 Å². The molecule has 2 heterocycles. The molecular weight excluding hydrogens is 387 g/mol. The summed E-state index contributed by atoms with van der Waals surface area (Å²) in [5.74, 6) is 0.204. The highest BCUT2D eigenvalue weighted by Crippen LogP contribution is 2.47. The van der Waals surface area contributed by atoms with E-state index < -0.39 is 17.0 Å². The molecule has 0 radical (unpaired) electrons. The normalized spacial score (nSPS) is 17.0. The van der Waals surface area contributed by atoms with E-state index in [9.17, 15) is 18.0 Å². The molecule has 0 spiro atoms. The summed E-state index contributed by atoms with van der Waals surface area (Å²) in [6.45, 7) is 1.75. The molecule has 0 saturated carbocycles. The Hall–Kier alpha value is -2.74. The third-order valence-corrected chi connectivity index (χ3v) is 5.81. The number of fused-ring (bicyclic) bond motifs is 1. The van der Waals surface area contributed by atoms with Gasteiger partial charge in [-0.15, -0.1) is 11.8 Å². The highest BCUT2D eigenvalue weighted by Gasteiger charge is 2.38. The largest absolute Gasteiger partial charge is 0.416 e. The van der Waals surface area contributed by atoms with E-state index in [1.54, 1.807) is 17.7 Å². The maximum atomic E-state index is 13.6. The fraction of sp³-hybridized carbons (Fsp3) is 0.200. The number of amides is 1. The van der Waals surface area contributed by atoms with Gasteiger partial charge >= 0.3 is 6.18 Å². The predicted octanol–water partition coefficient (Wildman–Crippen LogP) is 4.97. The van der Waals surface area contributed by atoms with Crippen molar-refractivity contribution in [2.24, 2.45) is 0 Å². The van der Waals surface area contributed by atoms with Crippen molar-refractivity contribution in [3.8, 4) is 5.69 Å². The van der Waals surface area contributed by atoms with Gasteiger partial charge in [-0.05, 0) is 30.7 Å². The number of para-hydroxylation sites is 1. The summed E-state index contributed by atoms with van der Waals surface area (Å²) in [4.78, 5) is 12.3. The van der Waals surface area contributed by atoms with Crippen LogP contribution < -0.4 is 5.32 Å². The molecule has 1 aliphatic rings. The number of rotatable bonds is 2. The van der Waals surface area contributed by atoms with Crippen LogP contribution in [0.4, 0.5) is 19.0 Å². The molecule has 3 aromatic rings. The van der Waals surface area contributed by atoms with Crippen LogP contribution in [0.1, 0.15) is 27.6 Å². The average molecular weight is 403 g/mol. The molecule has 0 unspecified atom stereocenters. The molecule has 1 aromatic heterocycles. The fourth-order valence-corrected chi connectivity index (χ4v) is 4.59. The summed E-state index contributed by atoms with van der Waals surface area (Å²) in [6, 6.07) is 14.7. The standard InChI is InChI=1S/C20H16F3N3OS/c1-12-17-18(14-9-5-6-10-15(14)20(21,22)23)28-11-16(27)24-19(17)26(25-12)13-7-3-2-4-8-13/h2-10,18H,11H2,1H3,(H,24,27)/t18-/m1/s1. The third kappa shape index (κ3) is 3.28. The number of thioether (sulfide) groups is 1. The first-order valence-electron chi connectivity index (χ1n) is 8.59. The van der Waals surface area contributed by atoms with Gasteiger partial charge in [0.15, 0.2) is 0 Å². The van der Waals surface area contributed by atoms with E-state index in [-0.39, 0.29) is 17.2 Å². The molecule has 0 saturated heterocycles. The first-order chi connectivity index (χ1) is 13.4. The molecule has 1 aliphatic heterocycles. The van der Waals surface area contributed by atoms with Crippen molar-refractivity contribution in [2.75, 3.05) is 11.1 Å². The number of nitrogens with one attached hydrogen (secondary N) is 1. The molecule has 1 amide bonds. The number of aromatic nitrogens is 2. The lowest BCUT2D eigenvalue weighted by atomic mass is 9.98. The molecule has 1 atom stereocenters. The number of hydrogen-bond donors (Lipinski definition) is 1. The second kappa shape index (κ2) is 7.01. The number of aryl methyl sites for hydroxylation is 1. The van der Waals surface area contributed by atoms with E-state index in [2.05, 4.69) is 10.4 Å². The van der Waals surface area contributed by atoms with Gasteiger partial charge in [-0.25, -0.2) is 4.68 Å². The SMILES string of the molecule is Cc1nn(-c2ccccc2)c2c1[C@@H](c1ccccc1C(F)(F)F)SCC(=O)N2. The second-order valence-corrected chi connectivity index (χ2v) is 7.51. The van der Waals surface area contributed by atoms with Gasteiger partial charge in [0.05, 0.1) is 27.9 Å². The minimum Gasteiger partial charge on any atom is -0.310 e. The van der Waals surface area contributed by atoms with Crippen molar-refractivity contribution in [3.05, 3.63) is 77.0 Å². The van der Waals surface area contributed by atoms with Crippen LogP contribution in [0.15, 0.2) is 54.6 Å². The number of nitrogens with zero attached hydrogens (tertiary/aromatic N) is 2. The summed E-state index contributed by atoms with van der Waals surface area (Å²) in [5, 5.41) is 6.68. The summed E-state index contributed by atoms with van der Waals surface area (Å²) in [5.41, 5.74) is 1.34. The van der Waals surface area contributed by atoms with E-state index in [1.807, 2.05) is 30.3 Å². The van der Waals surface area contributed by atoms with Crippen LogP contribution in [0.2, 0.25) is 0 Å². The van der Waals surface area contributed by atoms with Crippen LogP contribution in [-0.2, 0) is 11.0 Å². The lowest BCUT2D eigenvalue weighted by molar-refractivity contribution is -0.138. The van der Waals surface area contributed by atoms with Gasteiger partial charge in [0, 0.05) is 5.56 Å². The molecule has 0 aliphatic carbocycles. The number of hydrogen-bond acceptors (Lipinski definition) is 3. The fourth-order valence-electron chi connectivity index (χ4n) is 3.37. The van der Waals surface area contributed by atoms with Crippen molar-refractivity contribution < 1.29 is 18.0 Å². The van der Waals surface area contributed by atoms with Gasteiger partial charge in [-0.1, -0.05) is 36.4 Å². The van der Waals surface area contributed by atoms with Gasteiger partial charge in [-0.3, -0.25) is 4.79 Å². The van der Waals surface area contributed by atoms with Gasteiger partial charge in [0.25, 0.3) is 0 Å². The Balaban J connectivity index is 1.93. The molecule has 4 rings (SSSR count). The zero-order valence-corrected chi connectivity index (χ0v) is 15.6. The van der Waals surface area contributed by atoms with E-state index in [1.165, 1.54) is 23.9 Å². The highest BCUT2D eigenvalue weighted by atomic mass is 32.2. The zero-order valence-electron chi connectivity index (χ0n) is 14.8. The molecule has 28 heavy (non-hydrogen) atoms. The molecule has 144 valence electrons. The zero-order chi connectivity index (χ0) is 19.9. The van der Waals surface area contributed by atoms with E-state index >= 15 is 0 Å². The molecule has 0 bridgehead atoms. The predicted molar refractivity (Wildman–Crippen MR) is 103 cm³/mol. The van der Waals surface area contributed by atoms with Gasteiger partial charge in [0.1, 0.15) is 5.82 Å². The summed E-state index contributed by atoms with van der Waals surface area (Å²) >= 11 is 1.18. The lowest BCUT2D eigenvalue weighted by Gasteiger charge is -2.20. The number of benzene rings is 2. The van der Waals surface area contributed by atoms with Gasteiger partial charge in [-0.2, -0.15) is 18.3 Å². The minimum absolute atomic E-state index is 0.0553. The molecule has 2 aromatic carbocycles. The highest BCUT2D eigenvalue weighted by molar-refractivity contribution is 8.00. The van der Waals surface area contributed by atoms with Crippen LogP contribution in [0, 0.1) is 6.92 Å². The summed E-state index contributed by atoms with van der Waals surface area (Å²) in [7, 11) is 0. The van der Waals surface area contributed by atoms with Crippen molar-refractivity contribution in [3.63, 3.8) is 0 Å². The van der Waals surface area contributed by atoms with E-state index in [4.69, 9.17) is 0 Å². The Bertz CT molecular complexity index is 1030. The van der Waals surface area contributed by atoms with Gasteiger partial charge < -0.3 is 5.32 Å². The van der Waals surface area contributed by atoms with Crippen LogP contribution in [0.5, 0.6) is 0 Å². The number of carbonyl (C=O) groups excluding carboxylic acids is 1. The van der Waals surface area contributed by atoms with Crippen molar-refractivity contribution in [1.29, 1.82) is 0 Å². The van der Waals surface area contributed by atoms with Crippen molar-refractivity contribution >= 4 is 23.5 Å². The van der Waals surface area contributed by atoms with Crippen molar-refractivity contribution in [1.82, 2.24) is 9.78 Å². The smallest absolute Gasteiger partial charge is 0.310 e. The lowest BCUT2D eigenvalue weighted by Crippen LogP contribution is -2.15. The summed E-state index contributed by atoms with van der Waals surface area (Å²) in [6.07, 6.45) is -4.48. The maximum absolute atomic E-state index is 13.6. The van der Waals surface area contributed by atoms with E-state index in [0.717, 1.165) is 11.8 Å². The maximum Gasteiger partial charge on any atom is 0.416 e. The number of anilines is 1. The first-order valence-corrected chi connectivity index (χ1v) is 9.63. The first kappa shape index (κ1) is 18.6. The van der Waals surface area contributed by atoms with Crippen LogP contribution in [-0.4, -0.2) is 21.4 Å². The van der Waals surface area contributed by atoms with E-state index in [0.29, 0.717) is 17.1 Å². The molecule has 1 N–H and O–H groups in total. The Morgan fingerprint density at radius 1 is 1.11 bits per heavy atom.